The summed E-state index contributed by atoms with van der Waals surface area (Å²) in [6.45, 7) is 3.71. The number of ether oxygens (including phenoxy) is 1. The lowest BCUT2D eigenvalue weighted by atomic mass is 10.2. The molecule has 0 radical (unpaired) electrons. The van der Waals surface area contributed by atoms with E-state index in [0.29, 0.717) is 30.1 Å². The summed E-state index contributed by atoms with van der Waals surface area (Å²) in [7, 11) is 1.99. The Morgan fingerprint density at radius 2 is 1.63 bits per heavy atom. The minimum atomic E-state index is -0.211. The highest BCUT2D eigenvalue weighted by atomic mass is 32.1. The van der Waals surface area contributed by atoms with Gasteiger partial charge in [-0.1, -0.05) is 6.07 Å². The molecular formula is C23H26N3O3S+. The SMILES string of the molecule is CCOc1ccc(NC(=O)c2ccc(NC(=O)C[NH+](C)Cc3cccs3)cc2)cc1. The second-order valence-corrected chi connectivity index (χ2v) is 7.96. The number of quaternary nitrogens is 1. The van der Waals surface area contributed by atoms with Crippen LogP contribution in [0.15, 0.2) is 66.0 Å². The number of hydrogen-bond donors (Lipinski definition) is 3. The maximum Gasteiger partial charge on any atom is 0.279 e. The van der Waals surface area contributed by atoms with Crippen LogP contribution in [0.1, 0.15) is 22.2 Å². The first-order valence-electron chi connectivity index (χ1n) is 9.81. The smallest absolute Gasteiger partial charge is 0.279 e. The Bertz CT molecular complexity index is 954. The Balaban J connectivity index is 1.49. The molecule has 0 aliphatic rings. The molecule has 0 saturated heterocycles. The number of rotatable bonds is 9. The summed E-state index contributed by atoms with van der Waals surface area (Å²) in [6.07, 6.45) is 0. The molecule has 3 rings (SSSR count). The predicted molar refractivity (Wildman–Crippen MR) is 120 cm³/mol. The van der Waals surface area contributed by atoms with Crippen molar-refractivity contribution >= 4 is 34.5 Å². The van der Waals surface area contributed by atoms with E-state index >= 15 is 0 Å². The number of carbonyl (C=O) groups is 2. The van der Waals surface area contributed by atoms with E-state index in [0.717, 1.165) is 17.2 Å². The summed E-state index contributed by atoms with van der Waals surface area (Å²) in [5.74, 6) is 0.492. The second-order valence-electron chi connectivity index (χ2n) is 6.93. The zero-order valence-electron chi connectivity index (χ0n) is 17.1. The number of benzene rings is 2. The Morgan fingerprint density at radius 3 is 2.27 bits per heavy atom. The van der Waals surface area contributed by atoms with Crippen molar-refractivity contribution in [1.29, 1.82) is 0 Å². The lowest BCUT2D eigenvalue weighted by molar-refractivity contribution is -0.884. The van der Waals surface area contributed by atoms with Crippen molar-refractivity contribution in [3.05, 3.63) is 76.5 Å². The summed E-state index contributed by atoms with van der Waals surface area (Å²) in [6, 6.07) is 18.2. The van der Waals surface area contributed by atoms with Gasteiger partial charge in [0.05, 0.1) is 18.5 Å². The summed E-state index contributed by atoms with van der Waals surface area (Å²) in [4.78, 5) is 27.1. The summed E-state index contributed by atoms with van der Waals surface area (Å²) in [5.41, 5.74) is 1.88. The van der Waals surface area contributed by atoms with Gasteiger partial charge in [-0.05, 0) is 66.9 Å². The summed E-state index contributed by atoms with van der Waals surface area (Å²) >= 11 is 1.69. The maximum atomic E-state index is 12.4. The van der Waals surface area contributed by atoms with Gasteiger partial charge in [-0.25, -0.2) is 0 Å². The lowest BCUT2D eigenvalue weighted by Gasteiger charge is -2.13. The fraction of sp³-hybridized carbons (Fsp3) is 0.217. The van der Waals surface area contributed by atoms with Crippen LogP contribution in [0, 0.1) is 0 Å². The van der Waals surface area contributed by atoms with Crippen molar-refractivity contribution < 1.29 is 19.2 Å². The van der Waals surface area contributed by atoms with E-state index in [1.807, 2.05) is 37.6 Å². The molecule has 1 aromatic heterocycles. The molecule has 156 valence electrons. The number of carbonyl (C=O) groups excluding carboxylic acids is 2. The molecule has 0 spiro atoms. The number of anilines is 2. The third-order valence-corrected chi connectivity index (χ3v) is 5.25. The third kappa shape index (κ3) is 6.43. The van der Waals surface area contributed by atoms with Crippen molar-refractivity contribution in [2.24, 2.45) is 0 Å². The molecule has 0 aliphatic heterocycles. The molecule has 0 saturated carbocycles. The zero-order valence-corrected chi connectivity index (χ0v) is 17.9. The van der Waals surface area contributed by atoms with Crippen LogP contribution in [-0.4, -0.2) is 32.0 Å². The topological polar surface area (TPSA) is 71.9 Å². The van der Waals surface area contributed by atoms with Gasteiger partial charge in [-0.2, -0.15) is 0 Å². The molecule has 2 amide bonds. The summed E-state index contributed by atoms with van der Waals surface area (Å²) in [5, 5.41) is 7.77. The molecule has 3 aromatic rings. The highest BCUT2D eigenvalue weighted by Gasteiger charge is 2.12. The number of hydrogen-bond acceptors (Lipinski definition) is 4. The number of nitrogens with one attached hydrogen (secondary N) is 3. The van der Waals surface area contributed by atoms with Crippen LogP contribution in [0.3, 0.4) is 0 Å². The van der Waals surface area contributed by atoms with Crippen molar-refractivity contribution in [3.63, 3.8) is 0 Å². The zero-order chi connectivity index (χ0) is 21.3. The molecule has 1 heterocycles. The first-order chi connectivity index (χ1) is 14.5. The third-order valence-electron chi connectivity index (χ3n) is 4.37. The first-order valence-corrected chi connectivity index (χ1v) is 10.7. The highest BCUT2D eigenvalue weighted by molar-refractivity contribution is 7.09. The molecule has 1 unspecified atom stereocenters. The quantitative estimate of drug-likeness (QED) is 0.494. The largest absolute Gasteiger partial charge is 0.494 e. The van der Waals surface area contributed by atoms with Crippen LogP contribution in [-0.2, 0) is 11.3 Å². The van der Waals surface area contributed by atoms with Crippen LogP contribution >= 0.6 is 11.3 Å². The van der Waals surface area contributed by atoms with E-state index in [-0.39, 0.29) is 11.8 Å². The van der Waals surface area contributed by atoms with Gasteiger partial charge in [0.1, 0.15) is 12.3 Å². The molecular weight excluding hydrogens is 398 g/mol. The Hall–Kier alpha value is -3.16. The van der Waals surface area contributed by atoms with Crippen molar-refractivity contribution in [1.82, 2.24) is 0 Å². The van der Waals surface area contributed by atoms with Gasteiger partial charge in [0.25, 0.3) is 11.8 Å². The monoisotopic (exact) mass is 424 g/mol. The van der Waals surface area contributed by atoms with Gasteiger partial charge in [0.15, 0.2) is 6.54 Å². The van der Waals surface area contributed by atoms with E-state index in [4.69, 9.17) is 4.74 Å². The van der Waals surface area contributed by atoms with Crippen molar-refractivity contribution in [2.45, 2.75) is 13.5 Å². The van der Waals surface area contributed by atoms with E-state index < -0.39 is 0 Å². The minimum absolute atomic E-state index is 0.0596. The van der Waals surface area contributed by atoms with Crippen LogP contribution in [0.4, 0.5) is 11.4 Å². The van der Waals surface area contributed by atoms with E-state index in [2.05, 4.69) is 16.7 Å². The highest BCUT2D eigenvalue weighted by Crippen LogP contribution is 2.17. The Kier molecular flexibility index (Phi) is 7.59. The van der Waals surface area contributed by atoms with Gasteiger partial charge in [0.2, 0.25) is 0 Å². The molecule has 0 aliphatic carbocycles. The fourth-order valence-corrected chi connectivity index (χ4v) is 3.78. The van der Waals surface area contributed by atoms with Crippen molar-refractivity contribution in [3.8, 4) is 5.75 Å². The number of amides is 2. The van der Waals surface area contributed by atoms with E-state index in [1.165, 1.54) is 4.88 Å². The van der Waals surface area contributed by atoms with Crippen LogP contribution in [0.25, 0.3) is 0 Å². The van der Waals surface area contributed by atoms with Gasteiger partial charge in [0, 0.05) is 16.9 Å². The standard InChI is InChI=1S/C23H25N3O3S/c1-3-29-20-12-10-19(11-13-20)25-23(28)17-6-8-18(9-7-17)24-22(27)16-26(2)15-21-5-4-14-30-21/h4-14H,3,15-16H2,1-2H3,(H,24,27)(H,25,28)/p+1. The second kappa shape index (κ2) is 10.6. The van der Waals surface area contributed by atoms with Crippen LogP contribution in [0.2, 0.25) is 0 Å². The number of thiophene rings is 1. The maximum absolute atomic E-state index is 12.4. The normalized spacial score (nSPS) is 11.5. The lowest BCUT2D eigenvalue weighted by Crippen LogP contribution is -3.08. The molecule has 6 nitrogen and oxygen atoms in total. The van der Waals surface area contributed by atoms with Crippen LogP contribution < -0.4 is 20.3 Å². The molecule has 1 atom stereocenters. The Labute approximate surface area is 180 Å². The number of likely N-dealkylation sites (N-methyl/N-ethyl adjacent to an activating group) is 1. The summed E-state index contributed by atoms with van der Waals surface area (Å²) < 4.78 is 5.40. The fourth-order valence-electron chi connectivity index (χ4n) is 2.96. The van der Waals surface area contributed by atoms with Crippen LogP contribution in [0.5, 0.6) is 5.75 Å². The van der Waals surface area contributed by atoms with E-state index in [9.17, 15) is 9.59 Å². The first kappa shape index (κ1) is 21.5. The molecule has 2 aromatic carbocycles. The molecule has 3 N–H and O–H groups in total. The molecule has 7 heteroatoms. The molecule has 0 fully saturated rings. The van der Waals surface area contributed by atoms with Gasteiger partial charge in [-0.15, -0.1) is 11.3 Å². The predicted octanol–water partition coefficient (Wildman–Crippen LogP) is 3.05. The Morgan fingerprint density at radius 1 is 0.967 bits per heavy atom. The van der Waals surface area contributed by atoms with Gasteiger partial charge >= 0.3 is 0 Å². The van der Waals surface area contributed by atoms with Gasteiger partial charge in [-0.3, -0.25) is 9.59 Å². The van der Waals surface area contributed by atoms with E-state index in [1.54, 1.807) is 47.7 Å². The average Bonchev–Trinajstić information content (AvgIpc) is 3.23. The molecule has 0 bridgehead atoms. The van der Waals surface area contributed by atoms with Gasteiger partial charge < -0.3 is 20.3 Å². The average molecular weight is 425 g/mol. The molecule has 30 heavy (non-hydrogen) atoms. The van der Waals surface area contributed by atoms with Crippen molar-refractivity contribution in [2.75, 3.05) is 30.8 Å². The minimum Gasteiger partial charge on any atom is -0.494 e.